The number of carbonyl (C=O) groups is 2. The van der Waals surface area contributed by atoms with E-state index < -0.39 is 16.1 Å². The summed E-state index contributed by atoms with van der Waals surface area (Å²) >= 11 is 12.6. The van der Waals surface area contributed by atoms with E-state index in [4.69, 9.17) is 27.9 Å². The van der Waals surface area contributed by atoms with Crippen LogP contribution in [0.3, 0.4) is 0 Å². The van der Waals surface area contributed by atoms with Gasteiger partial charge in [-0.1, -0.05) is 71.7 Å². The molecule has 0 spiro atoms. The second kappa shape index (κ2) is 14.4. The lowest BCUT2D eigenvalue weighted by Gasteiger charge is -2.32. The van der Waals surface area contributed by atoms with Gasteiger partial charge in [0.15, 0.2) is 0 Å². The number of nitrogens with one attached hydrogen (secondary N) is 1. The number of amides is 2. The molecule has 0 bridgehead atoms. The van der Waals surface area contributed by atoms with Crippen LogP contribution in [0.15, 0.2) is 72.8 Å². The fourth-order valence-corrected chi connectivity index (χ4v) is 5.75. The van der Waals surface area contributed by atoms with E-state index in [-0.39, 0.29) is 42.8 Å². The summed E-state index contributed by atoms with van der Waals surface area (Å²) in [4.78, 5) is 28.3. The third-order valence-electron chi connectivity index (χ3n) is 6.39. The highest BCUT2D eigenvalue weighted by molar-refractivity contribution is 7.92. The number of likely N-dealkylation sites (N-methyl/N-ethyl adjacent to an activating group) is 1. The van der Waals surface area contributed by atoms with E-state index >= 15 is 0 Å². The Hall–Kier alpha value is -3.27. The van der Waals surface area contributed by atoms with Gasteiger partial charge in [0.25, 0.3) is 0 Å². The molecule has 1 atom stereocenters. The molecule has 0 saturated carbocycles. The minimum Gasteiger partial charge on any atom is -0.495 e. The Morgan fingerprint density at radius 2 is 1.65 bits per heavy atom. The number of hydrogen-bond acceptors (Lipinski definition) is 5. The molecule has 0 saturated heterocycles. The summed E-state index contributed by atoms with van der Waals surface area (Å²) in [6.45, 7) is 0.157. The van der Waals surface area contributed by atoms with Crippen molar-refractivity contribution in [3.8, 4) is 5.75 Å². The molecule has 11 heteroatoms. The molecule has 40 heavy (non-hydrogen) atoms. The Morgan fingerprint density at radius 3 is 2.25 bits per heavy atom. The largest absolute Gasteiger partial charge is 0.495 e. The maximum absolute atomic E-state index is 13.7. The molecule has 0 aliphatic heterocycles. The first-order valence-electron chi connectivity index (χ1n) is 12.6. The number of methoxy groups -OCH3 is 1. The van der Waals surface area contributed by atoms with E-state index in [1.165, 1.54) is 29.4 Å². The number of halogens is 2. The van der Waals surface area contributed by atoms with Crippen molar-refractivity contribution in [2.75, 3.05) is 31.3 Å². The lowest BCUT2D eigenvalue weighted by atomic mass is 10.0. The maximum atomic E-state index is 13.7. The van der Waals surface area contributed by atoms with Gasteiger partial charge in [0.05, 0.1) is 24.1 Å². The van der Waals surface area contributed by atoms with Crippen LogP contribution in [-0.2, 0) is 32.6 Å². The Morgan fingerprint density at radius 1 is 0.975 bits per heavy atom. The highest BCUT2D eigenvalue weighted by Crippen LogP contribution is 2.30. The highest BCUT2D eigenvalue weighted by Gasteiger charge is 2.30. The molecular formula is C29H33Cl2N3O5S. The molecule has 0 heterocycles. The number of nitrogens with zero attached hydrogens (tertiary/aromatic N) is 2. The molecule has 2 amide bonds. The van der Waals surface area contributed by atoms with Crippen molar-refractivity contribution in [1.29, 1.82) is 0 Å². The zero-order valence-corrected chi connectivity index (χ0v) is 25.0. The van der Waals surface area contributed by atoms with Crippen molar-refractivity contribution < 1.29 is 22.7 Å². The quantitative estimate of drug-likeness (QED) is 0.298. The number of rotatable bonds is 13. The zero-order valence-electron chi connectivity index (χ0n) is 22.6. The van der Waals surface area contributed by atoms with Crippen LogP contribution in [0.4, 0.5) is 5.69 Å². The standard InChI is InChI=1S/C29H33Cl2N3O5S/c1-32-29(36)26(18-21-10-5-4-6-11-21)33(20-22-12-7-8-13-24(22)30)28(35)14-9-17-34(40(3,37)38)23-15-16-27(39-2)25(31)19-23/h4-8,10-13,15-16,19,26H,9,14,17-18,20H2,1-3H3,(H,32,36). The Labute approximate surface area is 245 Å². The zero-order chi connectivity index (χ0) is 29.3. The van der Waals surface area contributed by atoms with Crippen LogP contribution in [0.1, 0.15) is 24.0 Å². The average molecular weight is 607 g/mol. The van der Waals surface area contributed by atoms with Gasteiger partial charge < -0.3 is 15.0 Å². The van der Waals surface area contributed by atoms with Crippen LogP contribution in [0.2, 0.25) is 10.0 Å². The molecule has 214 valence electrons. The Bertz CT molecular complexity index is 1420. The van der Waals surface area contributed by atoms with Crippen LogP contribution in [0.25, 0.3) is 0 Å². The monoisotopic (exact) mass is 605 g/mol. The second-order valence-corrected chi connectivity index (χ2v) is 11.9. The van der Waals surface area contributed by atoms with E-state index in [0.29, 0.717) is 28.4 Å². The van der Waals surface area contributed by atoms with Gasteiger partial charge in [0.2, 0.25) is 21.8 Å². The van der Waals surface area contributed by atoms with Gasteiger partial charge in [-0.05, 0) is 41.8 Å². The Balaban J connectivity index is 1.86. The van der Waals surface area contributed by atoms with E-state index in [9.17, 15) is 18.0 Å². The van der Waals surface area contributed by atoms with Gasteiger partial charge in [-0.2, -0.15) is 0 Å². The predicted octanol–water partition coefficient (Wildman–Crippen LogP) is 4.93. The van der Waals surface area contributed by atoms with E-state index in [1.807, 2.05) is 42.5 Å². The van der Waals surface area contributed by atoms with Crippen LogP contribution < -0.4 is 14.4 Å². The van der Waals surface area contributed by atoms with Gasteiger partial charge in [-0.3, -0.25) is 13.9 Å². The molecule has 8 nitrogen and oxygen atoms in total. The minimum atomic E-state index is -3.67. The van der Waals surface area contributed by atoms with Gasteiger partial charge in [0.1, 0.15) is 11.8 Å². The number of carbonyl (C=O) groups excluding carboxylic acids is 2. The van der Waals surface area contributed by atoms with E-state index in [2.05, 4.69) is 5.32 Å². The molecule has 1 N–H and O–H groups in total. The fourth-order valence-electron chi connectivity index (χ4n) is 4.35. The summed E-state index contributed by atoms with van der Waals surface area (Å²) in [6.07, 6.45) is 1.61. The third kappa shape index (κ3) is 8.36. The van der Waals surface area contributed by atoms with Crippen molar-refractivity contribution in [2.24, 2.45) is 0 Å². The summed E-state index contributed by atoms with van der Waals surface area (Å²) < 4.78 is 31.6. The SMILES string of the molecule is CNC(=O)C(Cc1ccccc1)N(Cc1ccccc1Cl)C(=O)CCCN(c1ccc(OC)c(Cl)c1)S(C)(=O)=O. The topological polar surface area (TPSA) is 96.0 Å². The van der Waals surface area contributed by atoms with Crippen LogP contribution in [0.5, 0.6) is 5.75 Å². The predicted molar refractivity (Wildman–Crippen MR) is 159 cm³/mol. The highest BCUT2D eigenvalue weighted by atomic mass is 35.5. The minimum absolute atomic E-state index is 0.00262. The van der Waals surface area contributed by atoms with Crippen LogP contribution in [0, 0.1) is 0 Å². The summed E-state index contributed by atoms with van der Waals surface area (Å²) in [5.74, 6) is -0.191. The molecule has 0 aliphatic rings. The molecule has 0 aliphatic carbocycles. The number of hydrogen-bond donors (Lipinski definition) is 1. The maximum Gasteiger partial charge on any atom is 0.242 e. The molecule has 3 aromatic rings. The van der Waals surface area contributed by atoms with Crippen LogP contribution >= 0.6 is 23.2 Å². The smallest absolute Gasteiger partial charge is 0.242 e. The van der Waals surface area contributed by atoms with E-state index in [1.54, 1.807) is 24.3 Å². The molecule has 0 fully saturated rings. The van der Waals surface area contributed by atoms with Crippen molar-refractivity contribution >= 4 is 50.7 Å². The number of anilines is 1. The normalized spacial score (nSPS) is 11.9. The Kier molecular flexibility index (Phi) is 11.2. The van der Waals surface area contributed by atoms with Gasteiger partial charge in [0, 0.05) is 38.0 Å². The first-order valence-corrected chi connectivity index (χ1v) is 15.2. The molecule has 0 aromatic heterocycles. The van der Waals surface area contributed by atoms with E-state index in [0.717, 1.165) is 11.8 Å². The summed E-state index contributed by atoms with van der Waals surface area (Å²) in [6, 6.07) is 20.5. The number of benzene rings is 3. The second-order valence-electron chi connectivity index (χ2n) is 9.19. The number of sulfonamides is 1. The summed E-state index contributed by atoms with van der Waals surface area (Å²) in [7, 11) is -0.672. The molecular weight excluding hydrogens is 573 g/mol. The molecule has 3 aromatic carbocycles. The van der Waals surface area contributed by atoms with Gasteiger partial charge in [-0.15, -0.1) is 0 Å². The van der Waals surface area contributed by atoms with Crippen molar-refractivity contribution in [3.63, 3.8) is 0 Å². The average Bonchev–Trinajstić information content (AvgIpc) is 2.93. The van der Waals surface area contributed by atoms with Gasteiger partial charge >= 0.3 is 0 Å². The van der Waals surface area contributed by atoms with Crippen LogP contribution in [-0.4, -0.2) is 58.1 Å². The van der Waals surface area contributed by atoms with Crippen molar-refractivity contribution in [3.05, 3.63) is 94.0 Å². The lowest BCUT2D eigenvalue weighted by molar-refractivity contribution is -0.141. The summed E-state index contributed by atoms with van der Waals surface area (Å²) in [5.41, 5.74) is 1.96. The molecule has 3 rings (SSSR count). The van der Waals surface area contributed by atoms with Crippen molar-refractivity contribution in [2.45, 2.75) is 31.8 Å². The first-order chi connectivity index (χ1) is 19.0. The lowest BCUT2D eigenvalue weighted by Crippen LogP contribution is -2.49. The first kappa shape index (κ1) is 31.3. The molecule has 0 radical (unpaired) electrons. The molecule has 1 unspecified atom stereocenters. The number of ether oxygens (including phenoxy) is 1. The summed E-state index contributed by atoms with van der Waals surface area (Å²) in [5, 5.41) is 3.43. The fraction of sp³-hybridized carbons (Fsp3) is 0.310. The van der Waals surface area contributed by atoms with Gasteiger partial charge in [-0.25, -0.2) is 8.42 Å². The van der Waals surface area contributed by atoms with Crippen molar-refractivity contribution in [1.82, 2.24) is 10.2 Å². The third-order valence-corrected chi connectivity index (χ3v) is 8.25.